The number of hydrogen-bond donors (Lipinski definition) is 1. The lowest BCUT2D eigenvalue weighted by molar-refractivity contribution is 0.475. The van der Waals surface area contributed by atoms with Gasteiger partial charge in [0.1, 0.15) is 11.6 Å². The molecule has 0 unspecified atom stereocenters. The maximum atomic E-state index is 9.57. The number of nitrogens with zero attached hydrogens (tertiary/aromatic N) is 2. The lowest BCUT2D eigenvalue weighted by Crippen LogP contribution is -2.00. The molecule has 0 fully saturated rings. The fourth-order valence-corrected chi connectivity index (χ4v) is 2.90. The van der Waals surface area contributed by atoms with Crippen LogP contribution in [0, 0.1) is 0 Å². The summed E-state index contributed by atoms with van der Waals surface area (Å²) in [5.74, 6) is 0.874. The van der Waals surface area contributed by atoms with Crippen molar-refractivity contribution in [1.82, 2.24) is 9.55 Å². The van der Waals surface area contributed by atoms with E-state index in [1.807, 2.05) is 24.3 Å². The minimum absolute atomic E-state index is 0.0663. The van der Waals surface area contributed by atoms with Gasteiger partial charge in [0, 0.05) is 12.1 Å². The first-order chi connectivity index (χ1) is 10.1. The number of hydrogen-bond acceptors (Lipinski definition) is 2. The SMILES string of the molecule is CCCn1c(-c2ccc(O)c(Cl)c2)nc2cccc(Cl)c21. The lowest BCUT2D eigenvalue weighted by atomic mass is 10.2. The number of phenolic OH excluding ortho intramolecular Hbond substituents is 1. The number of phenols is 1. The van der Waals surface area contributed by atoms with Gasteiger partial charge in [0.05, 0.1) is 21.1 Å². The maximum Gasteiger partial charge on any atom is 0.141 e. The fourth-order valence-electron chi connectivity index (χ4n) is 2.45. The third-order valence-electron chi connectivity index (χ3n) is 3.37. The van der Waals surface area contributed by atoms with Gasteiger partial charge in [-0.05, 0) is 36.8 Å². The Bertz CT molecular complexity index is 811. The molecule has 21 heavy (non-hydrogen) atoms. The van der Waals surface area contributed by atoms with Crippen LogP contribution < -0.4 is 0 Å². The Balaban J connectivity index is 2.28. The van der Waals surface area contributed by atoms with Crippen molar-refractivity contribution in [3.63, 3.8) is 0 Å². The van der Waals surface area contributed by atoms with Gasteiger partial charge in [0.2, 0.25) is 0 Å². The van der Waals surface area contributed by atoms with E-state index in [9.17, 15) is 5.11 Å². The second-order valence-corrected chi connectivity index (χ2v) is 5.68. The van der Waals surface area contributed by atoms with Crippen LogP contribution in [0.25, 0.3) is 22.4 Å². The highest BCUT2D eigenvalue weighted by Crippen LogP contribution is 2.33. The second-order valence-electron chi connectivity index (χ2n) is 4.86. The normalized spacial score (nSPS) is 11.2. The number of halogens is 2. The first kappa shape index (κ1) is 14.2. The van der Waals surface area contributed by atoms with Gasteiger partial charge in [-0.15, -0.1) is 0 Å². The predicted octanol–water partition coefficient (Wildman–Crippen LogP) is 5.13. The number of aromatic hydroxyl groups is 1. The van der Waals surface area contributed by atoms with Crippen LogP contribution >= 0.6 is 23.2 Å². The number of aromatic nitrogens is 2. The molecule has 0 aliphatic heterocycles. The minimum atomic E-state index is 0.0663. The summed E-state index contributed by atoms with van der Waals surface area (Å²) in [5.41, 5.74) is 2.65. The molecule has 5 heteroatoms. The van der Waals surface area contributed by atoms with Gasteiger partial charge in [-0.25, -0.2) is 4.98 Å². The number of benzene rings is 2. The Kier molecular flexibility index (Phi) is 3.79. The Morgan fingerprint density at radius 3 is 2.67 bits per heavy atom. The molecule has 3 rings (SSSR count). The third-order valence-corrected chi connectivity index (χ3v) is 3.98. The van der Waals surface area contributed by atoms with Crippen molar-refractivity contribution < 1.29 is 5.11 Å². The van der Waals surface area contributed by atoms with Crippen LogP contribution in [0.4, 0.5) is 0 Å². The molecule has 0 amide bonds. The van der Waals surface area contributed by atoms with E-state index in [-0.39, 0.29) is 5.75 Å². The Labute approximate surface area is 132 Å². The van der Waals surface area contributed by atoms with Gasteiger partial charge < -0.3 is 9.67 Å². The van der Waals surface area contributed by atoms with E-state index in [0.29, 0.717) is 10.0 Å². The van der Waals surface area contributed by atoms with E-state index in [0.717, 1.165) is 35.4 Å². The van der Waals surface area contributed by atoms with Gasteiger partial charge in [0.15, 0.2) is 0 Å². The summed E-state index contributed by atoms with van der Waals surface area (Å²) in [4.78, 5) is 4.67. The van der Waals surface area contributed by atoms with Crippen LogP contribution in [0.3, 0.4) is 0 Å². The Morgan fingerprint density at radius 1 is 1.14 bits per heavy atom. The van der Waals surface area contributed by atoms with Crippen LogP contribution in [0.2, 0.25) is 10.0 Å². The van der Waals surface area contributed by atoms with Crippen molar-refractivity contribution >= 4 is 34.2 Å². The largest absolute Gasteiger partial charge is 0.506 e. The molecule has 3 aromatic rings. The number of para-hydroxylation sites is 1. The van der Waals surface area contributed by atoms with E-state index in [1.54, 1.807) is 12.1 Å². The highest BCUT2D eigenvalue weighted by molar-refractivity contribution is 6.35. The van der Waals surface area contributed by atoms with Crippen LogP contribution in [0.1, 0.15) is 13.3 Å². The molecule has 0 saturated carbocycles. The van der Waals surface area contributed by atoms with Crippen molar-refractivity contribution in [1.29, 1.82) is 0 Å². The summed E-state index contributed by atoms with van der Waals surface area (Å²) in [6.45, 7) is 2.92. The van der Waals surface area contributed by atoms with Crippen LogP contribution in [-0.4, -0.2) is 14.7 Å². The van der Waals surface area contributed by atoms with E-state index in [2.05, 4.69) is 16.5 Å². The second kappa shape index (κ2) is 5.58. The monoisotopic (exact) mass is 320 g/mol. The zero-order valence-electron chi connectivity index (χ0n) is 11.5. The van der Waals surface area contributed by atoms with Crippen LogP contribution in [-0.2, 0) is 6.54 Å². The number of aryl methyl sites for hydroxylation is 1. The van der Waals surface area contributed by atoms with Crippen molar-refractivity contribution in [3.05, 3.63) is 46.4 Å². The number of rotatable bonds is 3. The van der Waals surface area contributed by atoms with Crippen molar-refractivity contribution in [3.8, 4) is 17.1 Å². The van der Waals surface area contributed by atoms with Crippen LogP contribution in [0.15, 0.2) is 36.4 Å². The zero-order chi connectivity index (χ0) is 15.0. The molecule has 2 aromatic carbocycles. The lowest BCUT2D eigenvalue weighted by Gasteiger charge is -2.09. The quantitative estimate of drug-likeness (QED) is 0.726. The minimum Gasteiger partial charge on any atom is -0.506 e. The molecule has 0 atom stereocenters. The summed E-state index contributed by atoms with van der Waals surface area (Å²) < 4.78 is 2.10. The van der Waals surface area contributed by atoms with Gasteiger partial charge in [0.25, 0.3) is 0 Å². The molecule has 0 radical (unpaired) electrons. The van der Waals surface area contributed by atoms with Gasteiger partial charge in [-0.1, -0.05) is 36.2 Å². The summed E-state index contributed by atoms with van der Waals surface area (Å²) in [5, 5.41) is 10.6. The summed E-state index contributed by atoms with van der Waals surface area (Å²) >= 11 is 12.3. The van der Waals surface area contributed by atoms with Crippen LogP contribution in [0.5, 0.6) is 5.75 Å². The molecule has 1 heterocycles. The Morgan fingerprint density at radius 2 is 1.95 bits per heavy atom. The number of fused-ring (bicyclic) bond motifs is 1. The number of imidazole rings is 1. The molecular formula is C16H14Cl2N2O. The van der Waals surface area contributed by atoms with E-state index < -0.39 is 0 Å². The van der Waals surface area contributed by atoms with Gasteiger partial charge >= 0.3 is 0 Å². The molecule has 1 aromatic heterocycles. The van der Waals surface area contributed by atoms with Gasteiger partial charge in [-0.3, -0.25) is 0 Å². The van der Waals surface area contributed by atoms with E-state index in [1.165, 1.54) is 0 Å². The molecular weight excluding hydrogens is 307 g/mol. The summed E-state index contributed by atoms with van der Waals surface area (Å²) in [6, 6.07) is 10.8. The smallest absolute Gasteiger partial charge is 0.141 e. The fraction of sp³-hybridized carbons (Fsp3) is 0.188. The molecule has 0 saturated heterocycles. The highest BCUT2D eigenvalue weighted by atomic mass is 35.5. The Hall–Kier alpha value is -1.71. The van der Waals surface area contributed by atoms with Crippen molar-refractivity contribution in [2.75, 3.05) is 0 Å². The van der Waals surface area contributed by atoms with Gasteiger partial charge in [-0.2, -0.15) is 0 Å². The molecule has 0 bridgehead atoms. The summed E-state index contributed by atoms with van der Waals surface area (Å²) in [7, 11) is 0. The molecule has 1 N–H and O–H groups in total. The van der Waals surface area contributed by atoms with Crippen molar-refractivity contribution in [2.24, 2.45) is 0 Å². The first-order valence-corrected chi connectivity index (χ1v) is 7.51. The first-order valence-electron chi connectivity index (χ1n) is 6.75. The molecule has 108 valence electrons. The van der Waals surface area contributed by atoms with E-state index >= 15 is 0 Å². The third kappa shape index (κ3) is 2.47. The summed E-state index contributed by atoms with van der Waals surface area (Å²) in [6.07, 6.45) is 0.968. The average molecular weight is 321 g/mol. The topological polar surface area (TPSA) is 38.0 Å². The molecule has 3 nitrogen and oxygen atoms in total. The highest BCUT2D eigenvalue weighted by Gasteiger charge is 2.15. The average Bonchev–Trinajstić information content (AvgIpc) is 2.83. The predicted molar refractivity (Wildman–Crippen MR) is 87.1 cm³/mol. The van der Waals surface area contributed by atoms with E-state index in [4.69, 9.17) is 23.2 Å². The standard InChI is InChI=1S/C16H14Cl2N2O/c1-2-8-20-15-11(17)4-3-5-13(15)19-16(20)10-6-7-14(21)12(18)9-10/h3-7,9,21H,2,8H2,1H3. The molecule has 0 aliphatic carbocycles. The maximum absolute atomic E-state index is 9.57. The molecule has 0 aliphatic rings. The molecule has 0 spiro atoms. The zero-order valence-corrected chi connectivity index (χ0v) is 13.0. The van der Waals surface area contributed by atoms with Crippen molar-refractivity contribution in [2.45, 2.75) is 19.9 Å².